The second kappa shape index (κ2) is 5.37. The fourth-order valence-corrected chi connectivity index (χ4v) is 1.99. The first-order valence-electron chi connectivity index (χ1n) is 5.24. The Morgan fingerprint density at radius 1 is 1.17 bits per heavy atom. The normalized spacial score (nSPS) is 12.2. The maximum absolute atomic E-state index is 6.10. The van der Waals surface area contributed by atoms with Crippen molar-refractivity contribution in [2.45, 2.75) is 13.0 Å². The van der Waals surface area contributed by atoms with E-state index in [0.29, 0.717) is 11.0 Å². The topological polar surface area (TPSA) is 76.7 Å². The molecule has 1 aromatic carbocycles. The number of nitrogen functional groups attached to an aromatic ring is 1. The zero-order valence-corrected chi connectivity index (χ0v) is 11.1. The van der Waals surface area contributed by atoms with Crippen LogP contribution in [0.5, 0.6) is 0 Å². The van der Waals surface area contributed by atoms with E-state index in [1.54, 1.807) is 0 Å². The Balaban J connectivity index is 2.21. The van der Waals surface area contributed by atoms with Gasteiger partial charge in [0.2, 0.25) is 17.2 Å². The number of anilines is 2. The van der Waals surface area contributed by atoms with Crippen LogP contribution in [0.3, 0.4) is 0 Å². The van der Waals surface area contributed by atoms with Crippen molar-refractivity contribution in [2.75, 3.05) is 11.1 Å². The van der Waals surface area contributed by atoms with Crippen molar-refractivity contribution in [2.24, 2.45) is 0 Å². The first-order valence-corrected chi connectivity index (χ1v) is 6.00. The first-order chi connectivity index (χ1) is 8.56. The van der Waals surface area contributed by atoms with Gasteiger partial charge in [0, 0.05) is 5.02 Å². The molecule has 0 saturated carbocycles. The van der Waals surface area contributed by atoms with Gasteiger partial charge in [0.25, 0.3) is 0 Å². The summed E-state index contributed by atoms with van der Waals surface area (Å²) < 4.78 is 0. The molecule has 0 aliphatic heterocycles. The lowest BCUT2D eigenvalue weighted by Crippen LogP contribution is -2.11. The Hall–Kier alpha value is -1.59. The number of hydrogen-bond acceptors (Lipinski definition) is 5. The summed E-state index contributed by atoms with van der Waals surface area (Å²) in [5, 5.41) is 3.79. The number of nitrogens with zero attached hydrogens (tertiary/aromatic N) is 3. The van der Waals surface area contributed by atoms with E-state index in [9.17, 15) is 0 Å². The number of hydrogen-bond donors (Lipinski definition) is 2. The average molecular weight is 284 g/mol. The molecule has 1 unspecified atom stereocenters. The summed E-state index contributed by atoms with van der Waals surface area (Å²) in [5.41, 5.74) is 6.43. The summed E-state index contributed by atoms with van der Waals surface area (Å²) in [6, 6.07) is 7.46. The Kier molecular flexibility index (Phi) is 3.84. The van der Waals surface area contributed by atoms with Crippen LogP contribution in [0.25, 0.3) is 0 Å². The van der Waals surface area contributed by atoms with Crippen LogP contribution in [0.2, 0.25) is 10.3 Å². The van der Waals surface area contributed by atoms with Crippen molar-refractivity contribution in [3.8, 4) is 0 Å². The van der Waals surface area contributed by atoms with Gasteiger partial charge in [-0.1, -0.05) is 29.8 Å². The van der Waals surface area contributed by atoms with E-state index in [-0.39, 0.29) is 17.3 Å². The number of halogens is 2. The minimum absolute atomic E-state index is 0.0522. The van der Waals surface area contributed by atoms with Gasteiger partial charge < -0.3 is 11.1 Å². The highest BCUT2D eigenvalue weighted by molar-refractivity contribution is 6.31. The maximum Gasteiger partial charge on any atom is 0.229 e. The molecule has 18 heavy (non-hydrogen) atoms. The fraction of sp³-hybridized carbons (Fsp3) is 0.182. The van der Waals surface area contributed by atoms with Gasteiger partial charge in [-0.25, -0.2) is 0 Å². The Morgan fingerprint density at radius 2 is 1.89 bits per heavy atom. The van der Waals surface area contributed by atoms with Crippen molar-refractivity contribution in [3.05, 3.63) is 40.1 Å². The summed E-state index contributed by atoms with van der Waals surface area (Å²) >= 11 is 11.8. The predicted molar refractivity (Wildman–Crippen MR) is 72.7 cm³/mol. The molecule has 7 heteroatoms. The molecule has 0 spiro atoms. The van der Waals surface area contributed by atoms with Crippen LogP contribution >= 0.6 is 23.2 Å². The van der Waals surface area contributed by atoms with Gasteiger partial charge in [-0.2, -0.15) is 15.0 Å². The van der Waals surface area contributed by atoms with Gasteiger partial charge >= 0.3 is 0 Å². The third-order valence-electron chi connectivity index (χ3n) is 2.34. The van der Waals surface area contributed by atoms with E-state index in [2.05, 4.69) is 20.3 Å². The molecule has 0 aliphatic rings. The molecule has 1 atom stereocenters. The SMILES string of the molecule is CC(Nc1nc(N)nc(Cl)n1)c1ccccc1Cl. The summed E-state index contributed by atoms with van der Waals surface area (Å²) in [4.78, 5) is 11.6. The number of aromatic nitrogens is 3. The highest BCUT2D eigenvalue weighted by Crippen LogP contribution is 2.24. The minimum Gasteiger partial charge on any atom is -0.368 e. The van der Waals surface area contributed by atoms with Crippen LogP contribution in [0.15, 0.2) is 24.3 Å². The smallest absolute Gasteiger partial charge is 0.229 e. The molecule has 0 aliphatic carbocycles. The monoisotopic (exact) mass is 283 g/mol. The van der Waals surface area contributed by atoms with Crippen molar-refractivity contribution >= 4 is 35.1 Å². The quantitative estimate of drug-likeness (QED) is 0.906. The van der Waals surface area contributed by atoms with Crippen LogP contribution in [0, 0.1) is 0 Å². The predicted octanol–water partition coefficient (Wildman–Crippen LogP) is 2.93. The van der Waals surface area contributed by atoms with Crippen molar-refractivity contribution in [3.63, 3.8) is 0 Å². The van der Waals surface area contributed by atoms with Crippen molar-refractivity contribution in [1.82, 2.24) is 15.0 Å². The zero-order valence-electron chi connectivity index (χ0n) is 9.56. The van der Waals surface area contributed by atoms with E-state index in [0.717, 1.165) is 5.56 Å². The van der Waals surface area contributed by atoms with Gasteiger partial charge in [0.15, 0.2) is 0 Å². The lowest BCUT2D eigenvalue weighted by atomic mass is 10.1. The standard InChI is InChI=1S/C11H11Cl2N5/c1-6(7-4-2-3-5-8(7)12)15-11-17-9(13)16-10(14)18-11/h2-6H,1H3,(H3,14,15,16,17,18). The molecule has 0 fully saturated rings. The van der Waals surface area contributed by atoms with E-state index >= 15 is 0 Å². The summed E-state index contributed by atoms with van der Waals surface area (Å²) in [6.07, 6.45) is 0. The third-order valence-corrected chi connectivity index (χ3v) is 2.86. The summed E-state index contributed by atoms with van der Waals surface area (Å²) in [5.74, 6) is 0.392. The van der Waals surface area contributed by atoms with Gasteiger partial charge in [0.1, 0.15) is 0 Å². The third kappa shape index (κ3) is 3.00. The summed E-state index contributed by atoms with van der Waals surface area (Å²) in [6.45, 7) is 1.94. The molecule has 0 saturated heterocycles. The summed E-state index contributed by atoms with van der Waals surface area (Å²) in [7, 11) is 0. The van der Waals surface area contributed by atoms with Gasteiger partial charge in [-0.3, -0.25) is 0 Å². The zero-order chi connectivity index (χ0) is 13.1. The molecular formula is C11H11Cl2N5. The molecule has 3 N–H and O–H groups in total. The maximum atomic E-state index is 6.10. The molecule has 1 heterocycles. The van der Waals surface area contributed by atoms with Crippen LogP contribution in [0.1, 0.15) is 18.5 Å². The number of nitrogens with one attached hydrogen (secondary N) is 1. The fourth-order valence-electron chi connectivity index (χ4n) is 1.53. The Labute approximate surface area is 114 Å². The van der Waals surface area contributed by atoms with Crippen molar-refractivity contribution < 1.29 is 0 Å². The average Bonchev–Trinajstić information content (AvgIpc) is 2.27. The van der Waals surface area contributed by atoms with E-state index in [1.807, 2.05) is 31.2 Å². The van der Waals surface area contributed by atoms with E-state index < -0.39 is 0 Å². The lowest BCUT2D eigenvalue weighted by Gasteiger charge is -2.15. The van der Waals surface area contributed by atoms with Gasteiger partial charge in [-0.05, 0) is 30.2 Å². The number of rotatable bonds is 3. The molecule has 0 radical (unpaired) electrons. The Bertz CT molecular complexity index is 541. The van der Waals surface area contributed by atoms with Crippen LogP contribution in [0.4, 0.5) is 11.9 Å². The van der Waals surface area contributed by atoms with Gasteiger partial charge in [-0.15, -0.1) is 0 Å². The van der Waals surface area contributed by atoms with E-state index in [4.69, 9.17) is 28.9 Å². The molecule has 0 amide bonds. The van der Waals surface area contributed by atoms with Crippen LogP contribution < -0.4 is 11.1 Å². The molecule has 2 rings (SSSR count). The highest BCUT2D eigenvalue weighted by atomic mass is 35.5. The molecule has 94 valence electrons. The second-order valence-corrected chi connectivity index (χ2v) is 4.42. The minimum atomic E-state index is -0.0726. The van der Waals surface area contributed by atoms with Crippen LogP contribution in [-0.4, -0.2) is 15.0 Å². The van der Waals surface area contributed by atoms with Crippen LogP contribution in [-0.2, 0) is 0 Å². The lowest BCUT2D eigenvalue weighted by molar-refractivity contribution is 0.856. The molecule has 5 nitrogen and oxygen atoms in total. The molecule has 1 aromatic heterocycles. The Morgan fingerprint density at radius 3 is 2.56 bits per heavy atom. The number of benzene rings is 1. The van der Waals surface area contributed by atoms with Crippen molar-refractivity contribution in [1.29, 1.82) is 0 Å². The number of nitrogens with two attached hydrogens (primary N) is 1. The molecular weight excluding hydrogens is 273 g/mol. The van der Waals surface area contributed by atoms with E-state index in [1.165, 1.54) is 0 Å². The second-order valence-electron chi connectivity index (χ2n) is 3.67. The molecule has 0 bridgehead atoms. The largest absolute Gasteiger partial charge is 0.368 e. The first kappa shape index (κ1) is 12.9. The highest BCUT2D eigenvalue weighted by Gasteiger charge is 2.11. The molecule has 2 aromatic rings. The van der Waals surface area contributed by atoms with Gasteiger partial charge in [0.05, 0.1) is 6.04 Å².